The second kappa shape index (κ2) is 7.90. The maximum atomic E-state index is 12.7. The number of aliphatic hydroxyl groups excluding tert-OH is 1. The number of carbonyl (C=O) groups is 1. The van der Waals surface area contributed by atoms with E-state index in [9.17, 15) is 4.79 Å². The topological polar surface area (TPSA) is 40.5 Å². The van der Waals surface area contributed by atoms with Crippen LogP contribution in [0.1, 0.15) is 41.7 Å². The van der Waals surface area contributed by atoms with E-state index in [4.69, 9.17) is 5.11 Å². The van der Waals surface area contributed by atoms with Gasteiger partial charge in [-0.1, -0.05) is 12.8 Å². The molecule has 2 aromatic rings. The van der Waals surface area contributed by atoms with Gasteiger partial charge >= 0.3 is 0 Å². The molecule has 122 valence electrons. The average molecular weight is 348 g/mol. The summed E-state index contributed by atoms with van der Waals surface area (Å²) < 4.78 is 0. The molecule has 2 aromatic heterocycles. The van der Waals surface area contributed by atoms with E-state index in [1.807, 2.05) is 22.4 Å². The number of amides is 1. The van der Waals surface area contributed by atoms with E-state index in [1.54, 1.807) is 28.7 Å². The van der Waals surface area contributed by atoms with Crippen LogP contribution in [0.5, 0.6) is 0 Å². The Bertz CT molecular complexity index is 654. The highest BCUT2D eigenvalue weighted by Gasteiger charge is 2.25. The maximum Gasteiger partial charge on any atom is 0.247 e. The molecule has 0 spiro atoms. The zero-order chi connectivity index (χ0) is 16.1. The fourth-order valence-electron chi connectivity index (χ4n) is 3.00. The summed E-state index contributed by atoms with van der Waals surface area (Å²) in [4.78, 5) is 15.7. The smallest absolute Gasteiger partial charge is 0.247 e. The average Bonchev–Trinajstić information content (AvgIpc) is 3.32. The number of hydrogen-bond acceptors (Lipinski definition) is 4. The molecule has 23 heavy (non-hydrogen) atoms. The van der Waals surface area contributed by atoms with E-state index in [-0.39, 0.29) is 12.5 Å². The van der Waals surface area contributed by atoms with Gasteiger partial charge in [0.05, 0.1) is 6.61 Å². The van der Waals surface area contributed by atoms with E-state index in [0.29, 0.717) is 12.6 Å². The highest BCUT2D eigenvalue weighted by Crippen LogP contribution is 2.26. The number of hydrogen-bond donors (Lipinski definition) is 1. The van der Waals surface area contributed by atoms with E-state index >= 15 is 0 Å². The SMILES string of the molecule is O=C(C=Cc1cc(CO)cs1)N(Cc1ccsc1)C1CCCC1. The summed E-state index contributed by atoms with van der Waals surface area (Å²) >= 11 is 3.22. The van der Waals surface area contributed by atoms with Gasteiger partial charge in [0, 0.05) is 23.5 Å². The van der Waals surface area contributed by atoms with Crippen LogP contribution in [-0.4, -0.2) is 22.0 Å². The number of aliphatic hydroxyl groups is 1. The Morgan fingerprint density at radius 2 is 2.13 bits per heavy atom. The molecule has 3 rings (SSSR count). The highest BCUT2D eigenvalue weighted by molar-refractivity contribution is 7.11. The van der Waals surface area contributed by atoms with Gasteiger partial charge in [-0.25, -0.2) is 0 Å². The molecule has 0 bridgehead atoms. The van der Waals surface area contributed by atoms with Gasteiger partial charge in [-0.05, 0) is 58.3 Å². The molecule has 0 aromatic carbocycles. The molecule has 1 fully saturated rings. The lowest BCUT2D eigenvalue weighted by molar-refractivity contribution is -0.128. The van der Waals surface area contributed by atoms with Crippen LogP contribution in [0, 0.1) is 0 Å². The molecule has 0 radical (unpaired) electrons. The molecule has 1 saturated carbocycles. The van der Waals surface area contributed by atoms with Gasteiger partial charge in [-0.3, -0.25) is 4.79 Å². The summed E-state index contributed by atoms with van der Waals surface area (Å²) in [5.41, 5.74) is 2.11. The molecule has 0 aliphatic heterocycles. The Hall–Kier alpha value is -1.43. The zero-order valence-electron chi connectivity index (χ0n) is 13.0. The first kappa shape index (κ1) is 16.4. The first-order valence-corrected chi connectivity index (χ1v) is 9.76. The van der Waals surface area contributed by atoms with E-state index in [0.717, 1.165) is 23.3 Å². The first-order valence-electron chi connectivity index (χ1n) is 7.94. The predicted molar refractivity (Wildman–Crippen MR) is 96.4 cm³/mol. The van der Waals surface area contributed by atoms with Crippen molar-refractivity contribution in [1.82, 2.24) is 4.90 Å². The Kier molecular flexibility index (Phi) is 5.65. The van der Waals surface area contributed by atoms with Gasteiger partial charge in [0.1, 0.15) is 0 Å². The molecular formula is C18H21NO2S2. The number of nitrogens with zero attached hydrogens (tertiary/aromatic N) is 1. The standard InChI is InChI=1S/C18H21NO2S2/c20-11-15-9-17(23-13-15)5-6-18(21)19(16-3-1-2-4-16)10-14-7-8-22-12-14/h5-9,12-13,16,20H,1-4,10-11H2. The van der Waals surface area contributed by atoms with Crippen molar-refractivity contribution in [2.75, 3.05) is 0 Å². The van der Waals surface area contributed by atoms with Crippen molar-refractivity contribution >= 4 is 34.7 Å². The highest BCUT2D eigenvalue weighted by atomic mass is 32.1. The quantitative estimate of drug-likeness (QED) is 0.792. The lowest BCUT2D eigenvalue weighted by Gasteiger charge is -2.27. The van der Waals surface area contributed by atoms with Crippen LogP contribution in [0.25, 0.3) is 6.08 Å². The fraction of sp³-hybridized carbons (Fsp3) is 0.389. The molecule has 5 heteroatoms. The molecule has 1 amide bonds. The lowest BCUT2D eigenvalue weighted by atomic mass is 10.1. The summed E-state index contributed by atoms with van der Waals surface area (Å²) in [6.45, 7) is 0.744. The van der Waals surface area contributed by atoms with Crippen molar-refractivity contribution in [3.05, 3.63) is 50.4 Å². The summed E-state index contributed by atoms with van der Waals surface area (Å²) in [6.07, 6.45) is 8.19. The van der Waals surface area contributed by atoms with Gasteiger partial charge in [-0.15, -0.1) is 11.3 Å². The molecule has 1 aliphatic carbocycles. The Morgan fingerprint density at radius 1 is 1.30 bits per heavy atom. The van der Waals surface area contributed by atoms with Crippen LogP contribution < -0.4 is 0 Å². The Labute approximate surface area is 144 Å². The van der Waals surface area contributed by atoms with Gasteiger partial charge in [0.25, 0.3) is 0 Å². The first-order chi connectivity index (χ1) is 11.3. The van der Waals surface area contributed by atoms with Crippen LogP contribution in [0.2, 0.25) is 0 Å². The van der Waals surface area contributed by atoms with Crippen LogP contribution in [0.15, 0.2) is 34.3 Å². The Morgan fingerprint density at radius 3 is 2.78 bits per heavy atom. The Balaban J connectivity index is 1.71. The van der Waals surface area contributed by atoms with Crippen LogP contribution in [0.4, 0.5) is 0 Å². The number of rotatable bonds is 6. The summed E-state index contributed by atoms with van der Waals surface area (Å²) in [5.74, 6) is 0.0852. The van der Waals surface area contributed by atoms with E-state index in [2.05, 4.69) is 16.8 Å². The number of carbonyl (C=O) groups excluding carboxylic acids is 1. The predicted octanol–water partition coefficient (Wildman–Crippen LogP) is 4.29. The molecule has 0 atom stereocenters. The van der Waals surface area contributed by atoms with E-state index in [1.165, 1.54) is 18.4 Å². The van der Waals surface area contributed by atoms with Gasteiger partial charge in [-0.2, -0.15) is 11.3 Å². The van der Waals surface area contributed by atoms with Crippen LogP contribution in [-0.2, 0) is 17.9 Å². The summed E-state index contributed by atoms with van der Waals surface area (Å²) in [6, 6.07) is 4.38. The second-order valence-electron chi connectivity index (χ2n) is 5.88. The van der Waals surface area contributed by atoms with Gasteiger partial charge in [0.15, 0.2) is 0 Å². The third-order valence-electron chi connectivity index (χ3n) is 4.23. The van der Waals surface area contributed by atoms with Crippen molar-refractivity contribution in [3.63, 3.8) is 0 Å². The zero-order valence-corrected chi connectivity index (χ0v) is 14.6. The molecule has 0 unspecified atom stereocenters. The molecule has 0 saturated heterocycles. The normalized spacial score (nSPS) is 15.5. The molecule has 2 heterocycles. The lowest BCUT2D eigenvalue weighted by Crippen LogP contribution is -2.37. The monoisotopic (exact) mass is 347 g/mol. The van der Waals surface area contributed by atoms with Crippen LogP contribution in [0.3, 0.4) is 0 Å². The van der Waals surface area contributed by atoms with Gasteiger partial charge in [0.2, 0.25) is 5.91 Å². The molecule has 3 nitrogen and oxygen atoms in total. The van der Waals surface area contributed by atoms with Crippen molar-refractivity contribution in [3.8, 4) is 0 Å². The third kappa shape index (κ3) is 4.31. The number of thiophene rings is 2. The summed E-state index contributed by atoms with van der Waals surface area (Å²) in [7, 11) is 0. The summed E-state index contributed by atoms with van der Waals surface area (Å²) in [5, 5.41) is 15.2. The minimum absolute atomic E-state index is 0.0463. The van der Waals surface area contributed by atoms with Crippen molar-refractivity contribution in [2.45, 2.75) is 44.9 Å². The van der Waals surface area contributed by atoms with Gasteiger partial charge < -0.3 is 10.0 Å². The fourth-order valence-corrected chi connectivity index (χ4v) is 4.45. The van der Waals surface area contributed by atoms with Crippen molar-refractivity contribution < 1.29 is 9.90 Å². The minimum Gasteiger partial charge on any atom is -0.392 e. The third-order valence-corrected chi connectivity index (χ3v) is 5.91. The molecular weight excluding hydrogens is 326 g/mol. The molecule has 1 aliphatic rings. The minimum atomic E-state index is 0.0463. The molecule has 1 N–H and O–H groups in total. The van der Waals surface area contributed by atoms with Crippen molar-refractivity contribution in [1.29, 1.82) is 0 Å². The largest absolute Gasteiger partial charge is 0.392 e. The van der Waals surface area contributed by atoms with E-state index < -0.39 is 0 Å². The maximum absolute atomic E-state index is 12.7. The second-order valence-corrected chi connectivity index (χ2v) is 7.61. The van der Waals surface area contributed by atoms with Crippen molar-refractivity contribution in [2.24, 2.45) is 0 Å². The van der Waals surface area contributed by atoms with Crippen LogP contribution >= 0.6 is 22.7 Å².